The Labute approximate surface area is 174 Å². The number of aliphatic imine (C=N–C) groups is 1. The largest absolute Gasteiger partial charge is 0.487 e. The first-order chi connectivity index (χ1) is 14.2. The maximum atomic E-state index is 11.8. The van der Waals surface area contributed by atoms with Gasteiger partial charge >= 0.3 is 0 Å². The summed E-state index contributed by atoms with van der Waals surface area (Å²) in [5, 5.41) is 7.07. The number of amides is 1. The van der Waals surface area contributed by atoms with Crippen molar-refractivity contribution in [2.24, 2.45) is 4.99 Å². The molecule has 6 nitrogen and oxygen atoms in total. The van der Waals surface area contributed by atoms with Crippen molar-refractivity contribution >= 4 is 11.9 Å². The zero-order chi connectivity index (χ0) is 20.1. The molecule has 2 heterocycles. The maximum Gasteiger partial charge on any atom is 0.222 e. The van der Waals surface area contributed by atoms with Gasteiger partial charge in [-0.05, 0) is 51.5 Å². The molecule has 1 aromatic rings. The number of rotatable bonds is 6. The summed E-state index contributed by atoms with van der Waals surface area (Å²) in [4.78, 5) is 18.5. The van der Waals surface area contributed by atoms with Gasteiger partial charge in [-0.25, -0.2) is 0 Å². The van der Waals surface area contributed by atoms with Crippen LogP contribution in [0, 0.1) is 0 Å². The molecule has 1 atom stereocenters. The summed E-state index contributed by atoms with van der Waals surface area (Å²) in [6.07, 6.45) is 8.35. The van der Waals surface area contributed by atoms with Gasteiger partial charge in [-0.15, -0.1) is 0 Å². The fourth-order valence-corrected chi connectivity index (χ4v) is 4.95. The molecule has 4 rings (SSSR count). The summed E-state index contributed by atoms with van der Waals surface area (Å²) in [5.41, 5.74) is 1.19. The summed E-state index contributed by atoms with van der Waals surface area (Å²) in [7, 11) is 0. The summed E-state index contributed by atoms with van der Waals surface area (Å²) < 4.78 is 6.48. The van der Waals surface area contributed by atoms with Crippen molar-refractivity contribution in [1.82, 2.24) is 15.5 Å². The van der Waals surface area contributed by atoms with Crippen molar-refractivity contribution in [1.29, 1.82) is 0 Å². The Morgan fingerprint density at radius 3 is 2.86 bits per heavy atom. The van der Waals surface area contributed by atoms with Crippen molar-refractivity contribution in [3.63, 3.8) is 0 Å². The van der Waals surface area contributed by atoms with Gasteiger partial charge in [0.1, 0.15) is 11.4 Å². The fraction of sp³-hybridized carbons (Fsp3) is 0.652. The quantitative estimate of drug-likeness (QED) is 0.438. The van der Waals surface area contributed by atoms with Crippen LogP contribution in [0.15, 0.2) is 29.3 Å². The van der Waals surface area contributed by atoms with Crippen molar-refractivity contribution in [2.45, 2.75) is 69.9 Å². The van der Waals surface area contributed by atoms with Gasteiger partial charge in [-0.2, -0.15) is 0 Å². The average Bonchev–Trinajstić information content (AvgIpc) is 3.34. The average molecular weight is 399 g/mol. The molecule has 2 fully saturated rings. The molecule has 0 aromatic heterocycles. The molecule has 2 aliphatic heterocycles. The molecule has 2 N–H and O–H groups in total. The summed E-state index contributed by atoms with van der Waals surface area (Å²) in [6, 6.07) is 8.61. The van der Waals surface area contributed by atoms with Gasteiger partial charge in [-0.1, -0.05) is 18.2 Å². The number of guanidine groups is 1. The van der Waals surface area contributed by atoms with Crippen molar-refractivity contribution in [3.8, 4) is 5.75 Å². The monoisotopic (exact) mass is 398 g/mol. The third kappa shape index (κ3) is 4.68. The lowest BCUT2D eigenvalue weighted by Crippen LogP contribution is -2.46. The molecule has 0 bridgehead atoms. The Hall–Kier alpha value is -2.24. The van der Waals surface area contributed by atoms with E-state index in [1.807, 2.05) is 4.90 Å². The molecule has 1 unspecified atom stereocenters. The minimum absolute atomic E-state index is 0.0283. The van der Waals surface area contributed by atoms with Crippen LogP contribution in [0.1, 0.15) is 69.9 Å². The highest BCUT2D eigenvalue weighted by Crippen LogP contribution is 2.46. The normalized spacial score (nSPS) is 23.2. The van der Waals surface area contributed by atoms with Crippen LogP contribution in [0.4, 0.5) is 0 Å². The van der Waals surface area contributed by atoms with E-state index in [0.29, 0.717) is 12.3 Å². The number of likely N-dealkylation sites (tertiary alicyclic amines) is 1. The van der Waals surface area contributed by atoms with Crippen LogP contribution < -0.4 is 15.4 Å². The van der Waals surface area contributed by atoms with E-state index in [0.717, 1.165) is 70.0 Å². The third-order valence-electron chi connectivity index (χ3n) is 6.39. The van der Waals surface area contributed by atoms with Gasteiger partial charge in [0, 0.05) is 44.6 Å². The highest BCUT2D eigenvalue weighted by molar-refractivity contribution is 5.80. The molecule has 29 heavy (non-hydrogen) atoms. The van der Waals surface area contributed by atoms with Crippen LogP contribution in [-0.4, -0.2) is 48.5 Å². The highest BCUT2D eigenvalue weighted by Gasteiger charge is 2.43. The smallest absolute Gasteiger partial charge is 0.222 e. The molecule has 1 aliphatic carbocycles. The number of carbonyl (C=O) groups is 1. The van der Waals surface area contributed by atoms with E-state index < -0.39 is 0 Å². The molecule has 0 radical (unpaired) electrons. The lowest BCUT2D eigenvalue weighted by atomic mass is 9.86. The summed E-state index contributed by atoms with van der Waals surface area (Å²) in [5.74, 6) is 2.16. The third-order valence-corrected chi connectivity index (χ3v) is 6.39. The second-order valence-corrected chi connectivity index (χ2v) is 8.53. The Morgan fingerprint density at radius 2 is 2.10 bits per heavy atom. The van der Waals surface area contributed by atoms with Crippen molar-refractivity contribution < 1.29 is 9.53 Å². The van der Waals surface area contributed by atoms with Crippen molar-refractivity contribution in [2.75, 3.05) is 26.2 Å². The number of hydrogen-bond acceptors (Lipinski definition) is 3. The van der Waals surface area contributed by atoms with Crippen LogP contribution >= 0.6 is 0 Å². The first-order valence-electron chi connectivity index (χ1n) is 11.3. The SMILES string of the molecule is CCNC(=NCCCN1CCCC1=O)NC1CC2(CCCC2)Oc2ccccc21. The van der Waals surface area contributed by atoms with Gasteiger partial charge in [0.05, 0.1) is 6.04 Å². The maximum absolute atomic E-state index is 11.8. The number of nitrogens with one attached hydrogen (secondary N) is 2. The van der Waals surface area contributed by atoms with Gasteiger partial charge in [0.25, 0.3) is 0 Å². The zero-order valence-electron chi connectivity index (χ0n) is 17.6. The Bertz CT molecular complexity index is 742. The molecule has 1 saturated carbocycles. The van der Waals surface area contributed by atoms with E-state index in [9.17, 15) is 4.79 Å². The summed E-state index contributed by atoms with van der Waals surface area (Å²) in [6.45, 7) is 5.35. The van der Waals surface area contributed by atoms with E-state index in [1.165, 1.54) is 18.4 Å². The predicted octanol–water partition coefficient (Wildman–Crippen LogP) is 3.39. The topological polar surface area (TPSA) is 66.0 Å². The minimum atomic E-state index is -0.0283. The van der Waals surface area contributed by atoms with Crippen LogP contribution in [0.5, 0.6) is 5.75 Å². The standard InChI is InChI=1S/C23H34N4O2/c1-2-24-22(25-14-8-16-27-15-7-11-21(27)28)26-19-17-23(12-5-6-13-23)29-20-10-4-3-9-18(19)20/h3-4,9-10,19H,2,5-8,11-17H2,1H3,(H2,24,25,26). The van der Waals surface area contributed by atoms with Gasteiger partial charge in [0.15, 0.2) is 5.96 Å². The van der Waals surface area contributed by atoms with Gasteiger partial charge < -0.3 is 20.3 Å². The molecule has 3 aliphatic rings. The van der Waals surface area contributed by atoms with Crippen LogP contribution in [0.3, 0.4) is 0 Å². The number of nitrogens with zero attached hydrogens (tertiary/aromatic N) is 2. The van der Waals surface area contributed by atoms with Crippen LogP contribution in [0.25, 0.3) is 0 Å². The first kappa shape index (κ1) is 20.0. The number of fused-ring (bicyclic) bond motifs is 1. The number of ether oxygens (including phenoxy) is 1. The Balaban J connectivity index is 1.41. The number of para-hydroxylation sites is 1. The highest BCUT2D eigenvalue weighted by atomic mass is 16.5. The zero-order valence-corrected chi connectivity index (χ0v) is 17.6. The van der Waals surface area contributed by atoms with Crippen LogP contribution in [-0.2, 0) is 4.79 Å². The molecule has 1 amide bonds. The number of hydrogen-bond donors (Lipinski definition) is 2. The number of benzene rings is 1. The van der Waals surface area contributed by atoms with Gasteiger partial charge in [-0.3, -0.25) is 9.79 Å². The second kappa shape index (κ2) is 9.06. The van der Waals surface area contributed by atoms with E-state index in [-0.39, 0.29) is 11.6 Å². The number of carbonyl (C=O) groups excluding carboxylic acids is 1. The Morgan fingerprint density at radius 1 is 1.28 bits per heavy atom. The van der Waals surface area contributed by atoms with E-state index in [4.69, 9.17) is 9.73 Å². The van der Waals surface area contributed by atoms with E-state index >= 15 is 0 Å². The molecule has 1 spiro atoms. The fourth-order valence-electron chi connectivity index (χ4n) is 4.95. The van der Waals surface area contributed by atoms with E-state index in [2.05, 4.69) is 41.8 Å². The second-order valence-electron chi connectivity index (χ2n) is 8.53. The van der Waals surface area contributed by atoms with Crippen molar-refractivity contribution in [3.05, 3.63) is 29.8 Å². The predicted molar refractivity (Wildman–Crippen MR) is 115 cm³/mol. The van der Waals surface area contributed by atoms with Gasteiger partial charge in [0.2, 0.25) is 5.91 Å². The Kier molecular flexibility index (Phi) is 6.26. The lowest BCUT2D eigenvalue weighted by Gasteiger charge is -2.40. The molecule has 1 aromatic carbocycles. The first-order valence-corrected chi connectivity index (χ1v) is 11.3. The molecular weight excluding hydrogens is 364 g/mol. The van der Waals surface area contributed by atoms with E-state index in [1.54, 1.807) is 0 Å². The molecular formula is C23H34N4O2. The summed E-state index contributed by atoms with van der Waals surface area (Å²) >= 11 is 0. The molecule has 158 valence electrons. The van der Waals surface area contributed by atoms with Crippen LogP contribution in [0.2, 0.25) is 0 Å². The minimum Gasteiger partial charge on any atom is -0.487 e. The lowest BCUT2D eigenvalue weighted by molar-refractivity contribution is -0.127. The molecule has 6 heteroatoms. The molecule has 1 saturated heterocycles.